The number of nitrogens with zero attached hydrogens (tertiary/aromatic N) is 2. The number of fused-ring (bicyclic) bond motifs is 2. The quantitative estimate of drug-likeness (QED) is 0.753. The predicted molar refractivity (Wildman–Crippen MR) is 106 cm³/mol. The second kappa shape index (κ2) is 7.41. The van der Waals surface area contributed by atoms with Crippen LogP contribution in [-0.2, 0) is 32.0 Å². The summed E-state index contributed by atoms with van der Waals surface area (Å²) in [4.78, 5) is 39.3. The lowest BCUT2D eigenvalue weighted by molar-refractivity contribution is -0.155. The van der Waals surface area contributed by atoms with E-state index in [1.54, 1.807) is 16.7 Å². The molecule has 0 saturated carbocycles. The second-order valence-corrected chi connectivity index (χ2v) is 10.1. The zero-order chi connectivity index (χ0) is 19.9. The van der Waals surface area contributed by atoms with Crippen LogP contribution >= 0.6 is 23.1 Å². The van der Waals surface area contributed by atoms with E-state index in [0.29, 0.717) is 22.7 Å². The van der Waals surface area contributed by atoms with Gasteiger partial charge in [-0.05, 0) is 44.6 Å². The highest BCUT2D eigenvalue weighted by Gasteiger charge is 2.53. The van der Waals surface area contributed by atoms with Gasteiger partial charge in [0.25, 0.3) is 5.91 Å². The van der Waals surface area contributed by atoms with Gasteiger partial charge in [-0.15, -0.1) is 23.1 Å². The van der Waals surface area contributed by atoms with E-state index < -0.39 is 24.5 Å². The normalized spacial score (nSPS) is 25.8. The summed E-state index contributed by atoms with van der Waals surface area (Å²) in [5.74, 6) is -0.571. The Bertz CT molecular complexity index is 890. The SMILES string of the molecule is C[C@@]12CCC(=O)N1[C@@H](C(=O)OCC(=O)Nc1sc3c(c1C#N)CCCC3)CS2. The van der Waals surface area contributed by atoms with Crippen molar-refractivity contribution in [3.8, 4) is 6.07 Å². The standard InChI is InChI=1S/C19H21N3O4S2/c1-19-7-6-16(24)22(19)13(10-27-19)18(25)26-9-15(23)21-17-12(8-20)11-4-2-3-5-14(11)28-17/h13H,2-7,9-10H2,1H3,(H,21,23)/t13-,19-/m1/s1. The molecule has 1 aromatic rings. The van der Waals surface area contributed by atoms with Gasteiger partial charge in [-0.25, -0.2) is 4.79 Å². The van der Waals surface area contributed by atoms with Crippen LogP contribution in [0, 0.1) is 11.3 Å². The lowest BCUT2D eigenvalue weighted by Crippen LogP contribution is -2.47. The molecule has 2 saturated heterocycles. The third kappa shape index (κ3) is 3.29. The molecule has 7 nitrogen and oxygen atoms in total. The van der Waals surface area contributed by atoms with Crippen LogP contribution < -0.4 is 5.32 Å². The molecule has 2 atom stereocenters. The summed E-state index contributed by atoms with van der Waals surface area (Å²) in [5, 5.41) is 12.7. The highest BCUT2D eigenvalue weighted by molar-refractivity contribution is 8.01. The monoisotopic (exact) mass is 419 g/mol. The van der Waals surface area contributed by atoms with Crippen LogP contribution in [0.4, 0.5) is 5.00 Å². The Balaban J connectivity index is 1.37. The smallest absolute Gasteiger partial charge is 0.330 e. The van der Waals surface area contributed by atoms with Gasteiger partial charge >= 0.3 is 5.97 Å². The fraction of sp³-hybridized carbons (Fsp3) is 0.579. The van der Waals surface area contributed by atoms with Gasteiger partial charge in [-0.1, -0.05) is 0 Å². The first-order chi connectivity index (χ1) is 13.4. The number of rotatable bonds is 4. The van der Waals surface area contributed by atoms with E-state index in [4.69, 9.17) is 4.74 Å². The van der Waals surface area contributed by atoms with Crippen molar-refractivity contribution in [3.63, 3.8) is 0 Å². The molecule has 9 heteroatoms. The number of esters is 1. The molecule has 0 aromatic carbocycles. The Hall–Kier alpha value is -2.05. The molecular weight excluding hydrogens is 398 g/mol. The third-order valence-corrected chi connectivity index (χ3v) is 8.31. The summed E-state index contributed by atoms with van der Waals surface area (Å²) >= 11 is 3.02. The molecule has 1 aromatic heterocycles. The van der Waals surface area contributed by atoms with Crippen molar-refractivity contribution in [2.75, 3.05) is 17.7 Å². The maximum atomic E-state index is 12.5. The first-order valence-corrected chi connectivity index (χ1v) is 11.2. The molecule has 1 aliphatic carbocycles. The molecule has 3 aliphatic rings. The number of carbonyl (C=O) groups excluding carboxylic acids is 3. The summed E-state index contributed by atoms with van der Waals surface area (Å²) in [7, 11) is 0. The summed E-state index contributed by atoms with van der Waals surface area (Å²) in [6, 6.07) is 1.56. The van der Waals surface area contributed by atoms with Crippen molar-refractivity contribution in [3.05, 3.63) is 16.0 Å². The number of carbonyl (C=O) groups is 3. The number of hydrogen-bond donors (Lipinski definition) is 1. The molecule has 0 spiro atoms. The van der Waals surface area contributed by atoms with E-state index in [1.165, 1.54) is 11.3 Å². The van der Waals surface area contributed by atoms with E-state index in [0.717, 1.165) is 42.5 Å². The van der Waals surface area contributed by atoms with Gasteiger partial charge in [0.05, 0.1) is 10.4 Å². The zero-order valence-electron chi connectivity index (χ0n) is 15.6. The zero-order valence-corrected chi connectivity index (χ0v) is 17.2. The number of aryl methyl sites for hydroxylation is 1. The Morgan fingerprint density at radius 2 is 2.14 bits per heavy atom. The average molecular weight is 420 g/mol. The Morgan fingerprint density at radius 1 is 1.36 bits per heavy atom. The van der Waals surface area contributed by atoms with Crippen LogP contribution in [0.1, 0.15) is 48.6 Å². The molecule has 2 aliphatic heterocycles. The van der Waals surface area contributed by atoms with Crippen molar-refractivity contribution in [2.24, 2.45) is 0 Å². The number of ether oxygens (including phenoxy) is 1. The number of thiophene rings is 1. The van der Waals surface area contributed by atoms with Crippen molar-refractivity contribution in [1.29, 1.82) is 5.26 Å². The molecule has 3 heterocycles. The van der Waals surface area contributed by atoms with E-state index in [-0.39, 0.29) is 10.8 Å². The van der Waals surface area contributed by atoms with Gasteiger partial charge in [0, 0.05) is 17.1 Å². The molecule has 148 valence electrons. The van der Waals surface area contributed by atoms with E-state index in [2.05, 4.69) is 11.4 Å². The second-order valence-electron chi connectivity index (χ2n) is 7.45. The molecule has 2 amide bonds. The third-order valence-electron chi connectivity index (χ3n) is 5.60. The molecular formula is C19H21N3O4S2. The molecule has 1 N–H and O–H groups in total. The number of nitriles is 1. The highest BCUT2D eigenvalue weighted by Crippen LogP contribution is 2.47. The minimum absolute atomic E-state index is 0.0401. The number of nitrogens with one attached hydrogen (secondary N) is 1. The van der Waals surface area contributed by atoms with Crippen molar-refractivity contribution in [1.82, 2.24) is 4.90 Å². The van der Waals surface area contributed by atoms with E-state index >= 15 is 0 Å². The average Bonchev–Trinajstić information content (AvgIpc) is 3.30. The molecule has 0 bridgehead atoms. The van der Waals surface area contributed by atoms with Crippen LogP contribution in [0.15, 0.2) is 0 Å². The van der Waals surface area contributed by atoms with Gasteiger partial charge in [-0.3, -0.25) is 9.59 Å². The van der Waals surface area contributed by atoms with Gasteiger partial charge in [-0.2, -0.15) is 5.26 Å². The predicted octanol–water partition coefficient (Wildman–Crippen LogP) is 2.43. The molecule has 0 unspecified atom stereocenters. The number of thioether (sulfide) groups is 1. The number of hydrogen-bond acceptors (Lipinski definition) is 7. The van der Waals surface area contributed by atoms with E-state index in [9.17, 15) is 19.6 Å². The Morgan fingerprint density at radius 3 is 2.93 bits per heavy atom. The molecule has 28 heavy (non-hydrogen) atoms. The first kappa shape index (κ1) is 19.3. The molecule has 2 fully saturated rings. The number of amides is 2. The van der Waals surface area contributed by atoms with Gasteiger partial charge in [0.1, 0.15) is 17.1 Å². The minimum atomic E-state index is -0.637. The van der Waals surface area contributed by atoms with Crippen LogP contribution in [0.5, 0.6) is 0 Å². The fourth-order valence-electron chi connectivity index (χ4n) is 4.16. The van der Waals surface area contributed by atoms with Crippen LogP contribution in [0.3, 0.4) is 0 Å². The minimum Gasteiger partial charge on any atom is -0.454 e. The lowest BCUT2D eigenvalue weighted by atomic mass is 9.96. The van der Waals surface area contributed by atoms with Crippen LogP contribution in [-0.4, -0.2) is 46.0 Å². The van der Waals surface area contributed by atoms with Crippen molar-refractivity contribution < 1.29 is 19.1 Å². The maximum absolute atomic E-state index is 12.5. The van der Waals surface area contributed by atoms with Gasteiger partial charge < -0.3 is 15.0 Å². The highest BCUT2D eigenvalue weighted by atomic mass is 32.2. The van der Waals surface area contributed by atoms with Crippen LogP contribution in [0.2, 0.25) is 0 Å². The summed E-state index contributed by atoms with van der Waals surface area (Å²) in [6.07, 6.45) is 5.10. The largest absolute Gasteiger partial charge is 0.454 e. The first-order valence-electron chi connectivity index (χ1n) is 9.40. The van der Waals surface area contributed by atoms with Gasteiger partial charge in [0.15, 0.2) is 6.61 Å². The summed E-state index contributed by atoms with van der Waals surface area (Å²) < 4.78 is 5.20. The van der Waals surface area contributed by atoms with Crippen molar-refractivity contribution in [2.45, 2.75) is 56.4 Å². The summed E-state index contributed by atoms with van der Waals surface area (Å²) in [6.45, 7) is 1.54. The van der Waals surface area contributed by atoms with E-state index in [1.807, 2.05) is 6.92 Å². The maximum Gasteiger partial charge on any atom is 0.330 e. The topological polar surface area (TPSA) is 99.5 Å². The number of anilines is 1. The molecule has 4 rings (SSSR count). The fourth-order valence-corrected chi connectivity index (χ4v) is 6.84. The Kier molecular flexibility index (Phi) is 5.10. The summed E-state index contributed by atoms with van der Waals surface area (Å²) in [5.41, 5.74) is 1.57. The van der Waals surface area contributed by atoms with Gasteiger partial charge in [0.2, 0.25) is 5.91 Å². The van der Waals surface area contributed by atoms with Crippen LogP contribution in [0.25, 0.3) is 0 Å². The van der Waals surface area contributed by atoms with Crippen molar-refractivity contribution >= 4 is 45.9 Å². The lowest BCUT2D eigenvalue weighted by Gasteiger charge is -2.29. The molecule has 0 radical (unpaired) electrons. The Labute approximate surface area is 171 Å².